The highest BCUT2D eigenvalue weighted by molar-refractivity contribution is 6.12. The number of anilines is 1. The van der Waals surface area contributed by atoms with E-state index < -0.39 is 0 Å². The number of nitrogen functional groups attached to an aromatic ring is 1. The van der Waals surface area contributed by atoms with Gasteiger partial charge in [0.25, 0.3) is 0 Å². The number of Topliss-reactive ketones (excluding diaryl/α,β-unsaturated/α-hetero) is 1. The Balaban J connectivity index is 2.03. The molecule has 0 bridgehead atoms. The Bertz CT molecular complexity index is 933. The van der Waals surface area contributed by atoms with Crippen molar-refractivity contribution in [2.45, 2.75) is 20.8 Å². The number of hydrogen-bond acceptors (Lipinski definition) is 6. The number of rotatable bonds is 7. The molecule has 1 aliphatic rings. The fourth-order valence-corrected chi connectivity index (χ4v) is 3.21. The van der Waals surface area contributed by atoms with Gasteiger partial charge in [-0.25, -0.2) is 0 Å². The molecule has 3 rings (SSSR count). The number of methoxy groups -OCH3 is 1. The Labute approximate surface area is 171 Å². The maximum absolute atomic E-state index is 13.3. The Hall–Kier alpha value is -3.15. The number of carbonyl (C=O) groups excluding carboxylic acids is 1. The molecule has 0 aliphatic carbocycles. The van der Waals surface area contributed by atoms with Gasteiger partial charge in [0, 0.05) is 16.7 Å². The Morgan fingerprint density at radius 2 is 1.97 bits per heavy atom. The zero-order chi connectivity index (χ0) is 21.0. The topological polar surface area (TPSA) is 80.0 Å². The molecule has 0 radical (unpaired) electrons. The van der Waals surface area contributed by atoms with E-state index in [0.717, 1.165) is 5.56 Å². The summed E-state index contributed by atoms with van der Waals surface area (Å²) in [5.41, 5.74) is 8.38. The first kappa shape index (κ1) is 20.6. The third kappa shape index (κ3) is 4.31. The zero-order valence-electron chi connectivity index (χ0n) is 17.3. The number of ether oxygens (including phenoxy) is 4. The van der Waals surface area contributed by atoms with E-state index in [1.807, 2.05) is 39.0 Å². The van der Waals surface area contributed by atoms with Crippen LogP contribution in [0.15, 0.2) is 35.9 Å². The number of hydrogen-bond donors (Lipinski definition) is 1. The van der Waals surface area contributed by atoms with E-state index >= 15 is 0 Å². The van der Waals surface area contributed by atoms with Crippen molar-refractivity contribution >= 4 is 17.5 Å². The summed E-state index contributed by atoms with van der Waals surface area (Å²) in [6.45, 7) is 7.27. The first-order valence-electron chi connectivity index (χ1n) is 9.71. The van der Waals surface area contributed by atoms with Crippen molar-refractivity contribution in [2.24, 2.45) is 5.92 Å². The lowest BCUT2D eigenvalue weighted by molar-refractivity contribution is 0.102. The molecule has 29 heavy (non-hydrogen) atoms. The van der Waals surface area contributed by atoms with E-state index in [4.69, 9.17) is 24.7 Å². The van der Waals surface area contributed by atoms with Gasteiger partial charge in [-0.3, -0.25) is 4.79 Å². The molecule has 2 N–H and O–H groups in total. The molecule has 0 aromatic heterocycles. The van der Waals surface area contributed by atoms with Crippen LogP contribution in [0.3, 0.4) is 0 Å². The van der Waals surface area contributed by atoms with E-state index in [-0.39, 0.29) is 11.7 Å². The van der Waals surface area contributed by atoms with Gasteiger partial charge in [0.15, 0.2) is 17.3 Å². The first-order valence-corrected chi connectivity index (χ1v) is 9.71. The van der Waals surface area contributed by atoms with Gasteiger partial charge in [-0.2, -0.15) is 0 Å². The summed E-state index contributed by atoms with van der Waals surface area (Å²) in [6, 6.07) is 8.81. The predicted octanol–water partition coefficient (Wildman–Crippen LogP) is 4.37. The third-order valence-corrected chi connectivity index (χ3v) is 4.67. The van der Waals surface area contributed by atoms with Gasteiger partial charge in [0.2, 0.25) is 5.75 Å². The van der Waals surface area contributed by atoms with Gasteiger partial charge in [-0.05, 0) is 49.2 Å². The minimum absolute atomic E-state index is 0.00602. The lowest BCUT2D eigenvalue weighted by Gasteiger charge is -2.22. The van der Waals surface area contributed by atoms with Crippen LogP contribution in [0.25, 0.3) is 6.08 Å². The van der Waals surface area contributed by atoms with Crippen molar-refractivity contribution in [2.75, 3.05) is 32.7 Å². The molecule has 0 atom stereocenters. The Morgan fingerprint density at radius 1 is 1.21 bits per heavy atom. The summed E-state index contributed by atoms with van der Waals surface area (Å²) < 4.78 is 22.5. The van der Waals surface area contributed by atoms with Crippen molar-refractivity contribution in [3.63, 3.8) is 0 Å². The summed E-state index contributed by atoms with van der Waals surface area (Å²) >= 11 is 0. The SMILES string of the molecule is CCOc1cc(C(=O)C(=Cc2ccc3c(c2OC)OCCO3)C(C)C)ccc1N. The second-order valence-corrected chi connectivity index (χ2v) is 6.98. The maximum Gasteiger partial charge on any atom is 0.204 e. The van der Waals surface area contributed by atoms with Crippen LogP contribution in [-0.4, -0.2) is 32.7 Å². The highest BCUT2D eigenvalue weighted by Gasteiger charge is 2.22. The van der Waals surface area contributed by atoms with Crippen LogP contribution in [0, 0.1) is 5.92 Å². The molecule has 0 fully saturated rings. The molecule has 1 heterocycles. The van der Waals surface area contributed by atoms with Gasteiger partial charge in [0.05, 0.1) is 19.4 Å². The minimum Gasteiger partial charge on any atom is -0.492 e. The minimum atomic E-state index is -0.0853. The standard InChI is InChI=1S/C23H27NO5/c1-5-27-20-13-15(6-8-18(20)24)21(25)17(14(2)3)12-16-7-9-19-23(22(16)26-4)29-11-10-28-19/h6-9,12-14H,5,10-11,24H2,1-4H3. The largest absolute Gasteiger partial charge is 0.492 e. The fourth-order valence-electron chi connectivity index (χ4n) is 3.21. The zero-order valence-corrected chi connectivity index (χ0v) is 17.3. The molecule has 0 amide bonds. The number of fused-ring (bicyclic) bond motifs is 1. The third-order valence-electron chi connectivity index (χ3n) is 4.67. The summed E-state index contributed by atoms with van der Waals surface area (Å²) in [5, 5.41) is 0. The normalized spacial score (nSPS) is 13.3. The molecule has 0 saturated heterocycles. The van der Waals surface area contributed by atoms with E-state index in [1.165, 1.54) is 0 Å². The molecule has 2 aromatic rings. The summed E-state index contributed by atoms with van der Waals surface area (Å²) in [5.74, 6) is 2.18. The van der Waals surface area contributed by atoms with Crippen LogP contribution in [0.1, 0.15) is 36.7 Å². The van der Waals surface area contributed by atoms with Gasteiger partial charge in [-0.15, -0.1) is 0 Å². The Morgan fingerprint density at radius 3 is 2.66 bits per heavy atom. The Kier molecular flexibility index (Phi) is 6.32. The monoisotopic (exact) mass is 397 g/mol. The van der Waals surface area contributed by atoms with Crippen LogP contribution >= 0.6 is 0 Å². The molecular formula is C23H27NO5. The highest BCUT2D eigenvalue weighted by Crippen LogP contribution is 2.43. The van der Waals surface area contributed by atoms with Gasteiger partial charge < -0.3 is 24.7 Å². The molecule has 0 unspecified atom stereocenters. The maximum atomic E-state index is 13.3. The average Bonchev–Trinajstić information content (AvgIpc) is 2.72. The number of nitrogens with two attached hydrogens (primary N) is 1. The first-order chi connectivity index (χ1) is 14.0. The molecule has 6 heteroatoms. The van der Waals surface area contributed by atoms with Crippen molar-refractivity contribution in [1.82, 2.24) is 0 Å². The van der Waals surface area contributed by atoms with E-state index in [9.17, 15) is 4.79 Å². The summed E-state index contributed by atoms with van der Waals surface area (Å²) in [4.78, 5) is 13.3. The molecule has 0 spiro atoms. The van der Waals surface area contributed by atoms with Crippen molar-refractivity contribution in [1.29, 1.82) is 0 Å². The quantitative estimate of drug-likeness (QED) is 0.425. The van der Waals surface area contributed by atoms with E-state index in [1.54, 1.807) is 25.3 Å². The molecular weight excluding hydrogens is 370 g/mol. The number of ketones is 1. The molecule has 6 nitrogen and oxygen atoms in total. The number of benzene rings is 2. The lowest BCUT2D eigenvalue weighted by Crippen LogP contribution is -2.16. The van der Waals surface area contributed by atoms with Gasteiger partial charge >= 0.3 is 0 Å². The smallest absolute Gasteiger partial charge is 0.204 e. The molecule has 154 valence electrons. The summed E-state index contributed by atoms with van der Waals surface area (Å²) in [6.07, 6.45) is 1.85. The van der Waals surface area contributed by atoms with Crippen LogP contribution in [0.4, 0.5) is 5.69 Å². The van der Waals surface area contributed by atoms with Crippen LogP contribution < -0.4 is 24.7 Å². The molecule has 0 saturated carbocycles. The van der Waals surface area contributed by atoms with Crippen molar-refractivity contribution in [3.8, 4) is 23.0 Å². The fraction of sp³-hybridized carbons (Fsp3) is 0.348. The van der Waals surface area contributed by atoms with Crippen molar-refractivity contribution in [3.05, 3.63) is 47.0 Å². The van der Waals surface area contributed by atoms with E-state index in [2.05, 4.69) is 0 Å². The second-order valence-electron chi connectivity index (χ2n) is 6.98. The lowest BCUT2D eigenvalue weighted by atomic mass is 9.92. The number of allylic oxidation sites excluding steroid dienone is 1. The highest BCUT2D eigenvalue weighted by atomic mass is 16.6. The number of carbonyl (C=O) groups is 1. The molecule has 1 aliphatic heterocycles. The second kappa shape index (κ2) is 8.90. The summed E-state index contributed by atoms with van der Waals surface area (Å²) in [7, 11) is 1.58. The van der Waals surface area contributed by atoms with Crippen LogP contribution in [-0.2, 0) is 0 Å². The van der Waals surface area contributed by atoms with Crippen LogP contribution in [0.5, 0.6) is 23.0 Å². The van der Waals surface area contributed by atoms with Gasteiger partial charge in [0.1, 0.15) is 19.0 Å². The van der Waals surface area contributed by atoms with E-state index in [0.29, 0.717) is 59.6 Å². The average molecular weight is 397 g/mol. The molecule has 2 aromatic carbocycles. The predicted molar refractivity (Wildman–Crippen MR) is 113 cm³/mol. The van der Waals surface area contributed by atoms with Crippen LogP contribution in [0.2, 0.25) is 0 Å². The van der Waals surface area contributed by atoms with Crippen molar-refractivity contribution < 1.29 is 23.7 Å². The van der Waals surface area contributed by atoms with Gasteiger partial charge in [-0.1, -0.05) is 13.8 Å².